The van der Waals surface area contributed by atoms with Gasteiger partial charge in [0.15, 0.2) is 5.75 Å². The lowest BCUT2D eigenvalue weighted by atomic mass is 10.1. The Morgan fingerprint density at radius 3 is 2.29 bits per heavy atom. The Balaban J connectivity index is 0.935. The molecule has 0 bridgehead atoms. The van der Waals surface area contributed by atoms with Gasteiger partial charge in [0, 0.05) is 56.9 Å². The van der Waals surface area contributed by atoms with Crippen molar-refractivity contribution >= 4 is 23.6 Å². The summed E-state index contributed by atoms with van der Waals surface area (Å²) in [5, 5.41) is 0.392. The van der Waals surface area contributed by atoms with Crippen LogP contribution in [0.15, 0.2) is 109 Å². The van der Waals surface area contributed by atoms with Crippen molar-refractivity contribution in [2.24, 2.45) is 0 Å². The van der Waals surface area contributed by atoms with Gasteiger partial charge in [-0.3, -0.25) is 9.69 Å². The third kappa shape index (κ3) is 10.2. The second kappa shape index (κ2) is 17.1. The molecule has 1 fully saturated rings. The Morgan fingerprint density at radius 1 is 0.863 bits per heavy atom. The van der Waals surface area contributed by atoms with Gasteiger partial charge in [-0.2, -0.15) is 0 Å². The number of hydrogen-bond acceptors (Lipinski definition) is 6. The zero-order valence-corrected chi connectivity index (χ0v) is 29.0. The molecule has 0 N–H and O–H groups in total. The maximum absolute atomic E-state index is 13.9. The van der Waals surface area contributed by atoms with E-state index in [2.05, 4.69) is 34.1 Å². The lowest BCUT2D eigenvalue weighted by Gasteiger charge is -2.34. The van der Waals surface area contributed by atoms with Gasteiger partial charge in [-0.1, -0.05) is 54.1 Å². The smallest absolute Gasteiger partial charge is 0.246 e. The number of carbonyl (C=O) groups excluding carboxylic acids is 1. The molecule has 1 amide bonds. The molecule has 0 spiro atoms. The minimum absolute atomic E-state index is 0.0440. The largest absolute Gasteiger partial charge is 0.493 e. The third-order valence-corrected chi connectivity index (χ3v) is 8.80. The van der Waals surface area contributed by atoms with Crippen LogP contribution in [0.4, 0.5) is 8.78 Å². The van der Waals surface area contributed by atoms with E-state index in [9.17, 15) is 13.6 Å². The fourth-order valence-electron chi connectivity index (χ4n) is 5.66. The molecular weight excluding hydrogens is 672 g/mol. The average Bonchev–Trinajstić information content (AvgIpc) is 3.14. The van der Waals surface area contributed by atoms with Crippen molar-refractivity contribution in [3.05, 3.63) is 154 Å². The Labute approximate surface area is 301 Å². The van der Waals surface area contributed by atoms with Gasteiger partial charge in [0.1, 0.15) is 29.7 Å². The van der Waals surface area contributed by atoms with Gasteiger partial charge in [0.25, 0.3) is 0 Å². The molecular formula is C41H38ClF2N3O4. The first-order valence-electron chi connectivity index (χ1n) is 16.7. The van der Waals surface area contributed by atoms with E-state index in [0.717, 1.165) is 37.2 Å². The molecule has 0 saturated carbocycles. The summed E-state index contributed by atoms with van der Waals surface area (Å²) in [7, 11) is 0. The van der Waals surface area contributed by atoms with Crippen LogP contribution in [0.2, 0.25) is 5.02 Å². The highest BCUT2D eigenvalue weighted by Crippen LogP contribution is 2.34. The van der Waals surface area contributed by atoms with E-state index in [0.29, 0.717) is 53.4 Å². The Morgan fingerprint density at radius 2 is 1.59 bits per heavy atom. The molecule has 6 rings (SSSR count). The number of aromatic nitrogens is 1. The van der Waals surface area contributed by atoms with Crippen LogP contribution in [-0.2, 0) is 24.4 Å². The van der Waals surface area contributed by atoms with Gasteiger partial charge in [-0.15, -0.1) is 0 Å². The van der Waals surface area contributed by atoms with E-state index < -0.39 is 0 Å². The number of benzene rings is 4. The molecule has 1 aromatic heterocycles. The monoisotopic (exact) mass is 709 g/mol. The standard InChI is InChI=1S/C41H38ClF2N3O4/c1-29-24-32(25-37(42)41(29)51-39-16-15-36(26-45-39)50-28-33-4-2-3-5-38(33)44)10-17-40(48)47-21-19-46(20-22-47)27-31-8-6-30(7-9-31)18-23-49-35-13-11-34(43)12-14-35/h2-17,24-26H,18-23,27-28H2,1H3/b17-10+. The first kappa shape index (κ1) is 35.6. The first-order valence-corrected chi connectivity index (χ1v) is 17.1. The number of piperazine rings is 1. The molecule has 51 heavy (non-hydrogen) atoms. The number of aryl methyl sites for hydroxylation is 1. The SMILES string of the molecule is Cc1cc(/C=C/C(=O)N2CCN(Cc3ccc(CCOc4ccc(F)cc4)cc3)CC2)cc(Cl)c1Oc1ccc(OCc2ccccc2F)cn1. The number of amides is 1. The van der Waals surface area contributed by atoms with Crippen molar-refractivity contribution in [3.8, 4) is 23.1 Å². The van der Waals surface area contributed by atoms with E-state index >= 15 is 0 Å². The number of halogens is 3. The van der Waals surface area contributed by atoms with Gasteiger partial charge in [-0.25, -0.2) is 13.8 Å². The second-order valence-electron chi connectivity index (χ2n) is 12.3. The molecule has 262 valence electrons. The van der Waals surface area contributed by atoms with Crippen molar-refractivity contribution < 1.29 is 27.8 Å². The number of ether oxygens (including phenoxy) is 3. The molecule has 4 aromatic carbocycles. The number of pyridine rings is 1. The average molecular weight is 710 g/mol. The summed E-state index contributed by atoms with van der Waals surface area (Å²) in [6, 6.07) is 28.0. The van der Waals surface area contributed by atoms with E-state index in [1.807, 2.05) is 17.9 Å². The number of nitrogens with zero attached hydrogens (tertiary/aromatic N) is 3. The summed E-state index contributed by atoms with van der Waals surface area (Å²) in [5.41, 5.74) is 4.42. The minimum atomic E-state index is -0.323. The summed E-state index contributed by atoms with van der Waals surface area (Å²) >= 11 is 6.59. The van der Waals surface area contributed by atoms with Crippen LogP contribution in [0.5, 0.6) is 23.1 Å². The summed E-state index contributed by atoms with van der Waals surface area (Å²) in [5.74, 6) is 1.29. The molecule has 0 aliphatic carbocycles. The van der Waals surface area contributed by atoms with Crippen LogP contribution in [-0.4, -0.2) is 53.5 Å². The normalized spacial score (nSPS) is 13.4. The number of hydrogen-bond donors (Lipinski definition) is 0. The second-order valence-corrected chi connectivity index (χ2v) is 12.7. The highest BCUT2D eigenvalue weighted by molar-refractivity contribution is 6.32. The minimum Gasteiger partial charge on any atom is -0.493 e. The topological polar surface area (TPSA) is 64.1 Å². The fraction of sp³-hybridized carbons (Fsp3) is 0.220. The van der Waals surface area contributed by atoms with Crippen molar-refractivity contribution in [3.63, 3.8) is 0 Å². The van der Waals surface area contributed by atoms with Gasteiger partial charge in [0.2, 0.25) is 11.8 Å². The van der Waals surface area contributed by atoms with Gasteiger partial charge in [0.05, 0.1) is 17.8 Å². The molecule has 0 radical (unpaired) electrons. The molecule has 1 aliphatic heterocycles. The van der Waals surface area contributed by atoms with Gasteiger partial charge < -0.3 is 19.1 Å². The summed E-state index contributed by atoms with van der Waals surface area (Å²) in [6.45, 7) is 6.18. The molecule has 5 aromatic rings. The maximum atomic E-state index is 13.9. The highest BCUT2D eigenvalue weighted by Gasteiger charge is 2.20. The molecule has 1 saturated heterocycles. The van der Waals surface area contributed by atoms with Gasteiger partial charge in [-0.05, 0) is 83.8 Å². The van der Waals surface area contributed by atoms with Crippen molar-refractivity contribution in [1.29, 1.82) is 0 Å². The van der Waals surface area contributed by atoms with Crippen LogP contribution >= 0.6 is 11.6 Å². The summed E-state index contributed by atoms with van der Waals surface area (Å²) in [6.07, 6.45) is 5.63. The zero-order chi connectivity index (χ0) is 35.6. The van der Waals surface area contributed by atoms with Crippen LogP contribution < -0.4 is 14.2 Å². The molecule has 10 heteroatoms. The fourth-order valence-corrected chi connectivity index (χ4v) is 5.98. The predicted octanol–water partition coefficient (Wildman–Crippen LogP) is 8.67. The molecule has 0 atom stereocenters. The van der Waals surface area contributed by atoms with E-state index in [1.54, 1.807) is 60.7 Å². The Hall–Kier alpha value is -5.25. The highest BCUT2D eigenvalue weighted by atomic mass is 35.5. The number of rotatable bonds is 13. The summed E-state index contributed by atoms with van der Waals surface area (Å²) < 4.78 is 44.2. The summed E-state index contributed by atoms with van der Waals surface area (Å²) in [4.78, 5) is 21.5. The lowest BCUT2D eigenvalue weighted by Crippen LogP contribution is -2.47. The van der Waals surface area contributed by atoms with Crippen molar-refractivity contribution in [2.45, 2.75) is 26.5 Å². The Kier molecular flexibility index (Phi) is 11.9. The van der Waals surface area contributed by atoms with Crippen LogP contribution in [0.1, 0.15) is 27.8 Å². The molecule has 7 nitrogen and oxygen atoms in total. The first-order chi connectivity index (χ1) is 24.8. The van der Waals surface area contributed by atoms with Crippen LogP contribution in [0, 0.1) is 18.6 Å². The lowest BCUT2D eigenvalue weighted by molar-refractivity contribution is -0.127. The predicted molar refractivity (Wildman–Crippen MR) is 194 cm³/mol. The Bertz CT molecular complexity index is 1920. The van der Waals surface area contributed by atoms with E-state index in [-0.39, 0.29) is 24.1 Å². The van der Waals surface area contributed by atoms with Gasteiger partial charge >= 0.3 is 0 Å². The van der Waals surface area contributed by atoms with E-state index in [1.165, 1.54) is 35.5 Å². The zero-order valence-electron chi connectivity index (χ0n) is 28.2. The molecule has 1 aliphatic rings. The van der Waals surface area contributed by atoms with Crippen molar-refractivity contribution in [1.82, 2.24) is 14.8 Å². The van der Waals surface area contributed by atoms with Crippen molar-refractivity contribution in [2.75, 3.05) is 32.8 Å². The third-order valence-electron chi connectivity index (χ3n) is 8.52. The maximum Gasteiger partial charge on any atom is 0.246 e. The number of carbonyl (C=O) groups is 1. The molecule has 0 unspecified atom stereocenters. The van der Waals surface area contributed by atoms with Crippen LogP contribution in [0.25, 0.3) is 6.08 Å². The van der Waals surface area contributed by atoms with E-state index in [4.69, 9.17) is 25.8 Å². The quantitative estimate of drug-likeness (QED) is 0.114. The molecule has 2 heterocycles. The van der Waals surface area contributed by atoms with Crippen LogP contribution in [0.3, 0.4) is 0 Å².